The van der Waals surface area contributed by atoms with E-state index in [0.29, 0.717) is 12.0 Å². The fraction of sp³-hybridized carbons (Fsp3) is 0.733. The van der Waals surface area contributed by atoms with Crippen molar-refractivity contribution in [2.45, 2.75) is 47.1 Å². The van der Waals surface area contributed by atoms with Gasteiger partial charge in [-0.2, -0.15) is 4.98 Å². The summed E-state index contributed by atoms with van der Waals surface area (Å²) in [5, 5.41) is 3.22. The minimum Gasteiger partial charge on any atom is -0.354 e. The van der Waals surface area contributed by atoms with Crippen molar-refractivity contribution in [3.63, 3.8) is 0 Å². The highest BCUT2D eigenvalue weighted by Crippen LogP contribution is 2.30. The third-order valence-corrected chi connectivity index (χ3v) is 4.07. The molecule has 19 heavy (non-hydrogen) atoms. The van der Waals surface area contributed by atoms with Gasteiger partial charge in [-0.25, -0.2) is 4.98 Å². The topological polar surface area (TPSA) is 41.1 Å². The molecule has 0 spiro atoms. The van der Waals surface area contributed by atoms with E-state index in [9.17, 15) is 0 Å². The van der Waals surface area contributed by atoms with Crippen molar-refractivity contribution in [1.82, 2.24) is 9.97 Å². The first-order chi connectivity index (χ1) is 9.01. The summed E-state index contributed by atoms with van der Waals surface area (Å²) in [5.41, 5.74) is 1.03. The molecule has 1 N–H and O–H groups in total. The molecule has 4 heteroatoms. The normalized spacial score (nSPS) is 27.4. The average molecular weight is 262 g/mol. The predicted molar refractivity (Wildman–Crippen MR) is 80.7 cm³/mol. The molecule has 0 bridgehead atoms. The second kappa shape index (κ2) is 5.76. The van der Waals surface area contributed by atoms with Gasteiger partial charge in [0.15, 0.2) is 0 Å². The summed E-state index contributed by atoms with van der Waals surface area (Å²) in [6.07, 6.45) is 1.31. The fourth-order valence-corrected chi connectivity index (χ4v) is 2.95. The van der Waals surface area contributed by atoms with Gasteiger partial charge >= 0.3 is 0 Å². The molecule has 106 valence electrons. The van der Waals surface area contributed by atoms with E-state index >= 15 is 0 Å². The molecule has 0 saturated carbocycles. The summed E-state index contributed by atoms with van der Waals surface area (Å²) in [7, 11) is 0. The number of piperidine rings is 1. The lowest BCUT2D eigenvalue weighted by atomic mass is 9.86. The highest BCUT2D eigenvalue weighted by atomic mass is 15.3. The fourth-order valence-electron chi connectivity index (χ4n) is 2.95. The van der Waals surface area contributed by atoms with E-state index in [0.717, 1.165) is 36.5 Å². The van der Waals surface area contributed by atoms with E-state index in [1.165, 1.54) is 6.42 Å². The molecule has 4 nitrogen and oxygen atoms in total. The van der Waals surface area contributed by atoms with E-state index in [2.05, 4.69) is 53.9 Å². The molecule has 1 aliphatic heterocycles. The van der Waals surface area contributed by atoms with E-state index in [1.54, 1.807) is 0 Å². The van der Waals surface area contributed by atoms with Crippen LogP contribution in [0.4, 0.5) is 11.8 Å². The Kier molecular flexibility index (Phi) is 4.27. The minimum atomic E-state index is 0.542. The average Bonchev–Trinajstić information content (AvgIpc) is 2.33. The maximum Gasteiger partial charge on any atom is 0.224 e. The predicted octanol–water partition coefficient (Wildman–Crippen LogP) is 3.09. The summed E-state index contributed by atoms with van der Waals surface area (Å²) >= 11 is 0. The van der Waals surface area contributed by atoms with Gasteiger partial charge in [0.05, 0.1) is 0 Å². The molecular formula is C15H26N4. The zero-order chi connectivity index (χ0) is 14.0. The third kappa shape index (κ3) is 3.17. The monoisotopic (exact) mass is 262 g/mol. The van der Waals surface area contributed by atoms with Crippen molar-refractivity contribution in [1.29, 1.82) is 0 Å². The van der Waals surface area contributed by atoms with Crippen LogP contribution in [0.1, 0.15) is 39.8 Å². The van der Waals surface area contributed by atoms with Crippen molar-refractivity contribution in [2.24, 2.45) is 11.8 Å². The minimum absolute atomic E-state index is 0.542. The molecule has 1 aromatic rings. The number of hydrogen-bond acceptors (Lipinski definition) is 4. The van der Waals surface area contributed by atoms with Crippen LogP contribution in [0.3, 0.4) is 0 Å². The highest BCUT2D eigenvalue weighted by Gasteiger charge is 2.29. The first-order valence-corrected chi connectivity index (χ1v) is 7.37. The van der Waals surface area contributed by atoms with Crippen molar-refractivity contribution < 1.29 is 0 Å². The van der Waals surface area contributed by atoms with Gasteiger partial charge in [-0.15, -0.1) is 0 Å². The highest BCUT2D eigenvalue weighted by molar-refractivity contribution is 5.46. The van der Waals surface area contributed by atoms with E-state index in [1.807, 2.05) is 6.92 Å². The lowest BCUT2D eigenvalue weighted by molar-refractivity contribution is 0.295. The van der Waals surface area contributed by atoms with Crippen LogP contribution in [0.15, 0.2) is 6.07 Å². The van der Waals surface area contributed by atoms with E-state index < -0.39 is 0 Å². The van der Waals surface area contributed by atoms with Crippen LogP contribution in [0.5, 0.6) is 0 Å². The number of nitrogens with one attached hydrogen (secondary N) is 1. The summed E-state index contributed by atoms with van der Waals surface area (Å²) in [5.74, 6) is 3.25. The third-order valence-electron chi connectivity index (χ3n) is 4.07. The lowest BCUT2D eigenvalue weighted by Gasteiger charge is -2.42. The first kappa shape index (κ1) is 14.1. The molecular weight excluding hydrogens is 236 g/mol. The molecule has 3 unspecified atom stereocenters. The molecule has 0 radical (unpaired) electrons. The molecule has 1 saturated heterocycles. The summed E-state index contributed by atoms with van der Waals surface area (Å²) in [4.78, 5) is 11.5. The standard InChI is InChI=1S/C15H26N4/c1-6-16-15-17-12(4)8-14(18-15)19-9-10(2)7-11(3)13(19)5/h8,10-11,13H,6-7,9H2,1-5H3,(H,16,17,18). The first-order valence-electron chi connectivity index (χ1n) is 7.37. The number of aromatic nitrogens is 2. The molecule has 0 amide bonds. The zero-order valence-corrected chi connectivity index (χ0v) is 12.8. The van der Waals surface area contributed by atoms with Crippen molar-refractivity contribution >= 4 is 11.8 Å². The Hall–Kier alpha value is -1.32. The molecule has 1 aromatic heterocycles. The molecule has 3 atom stereocenters. The SMILES string of the molecule is CCNc1nc(C)cc(N2CC(C)CC(C)C2C)n1. The van der Waals surface area contributed by atoms with Crippen molar-refractivity contribution in [2.75, 3.05) is 23.3 Å². The molecule has 0 aromatic carbocycles. The molecule has 1 fully saturated rings. The van der Waals surface area contributed by atoms with Gasteiger partial charge in [0.1, 0.15) is 5.82 Å². The van der Waals surface area contributed by atoms with Crippen LogP contribution in [0, 0.1) is 18.8 Å². The van der Waals surface area contributed by atoms with Crippen LogP contribution in [-0.4, -0.2) is 29.1 Å². The Morgan fingerprint density at radius 2 is 2.05 bits per heavy atom. The largest absolute Gasteiger partial charge is 0.354 e. The van der Waals surface area contributed by atoms with Crippen molar-refractivity contribution in [3.8, 4) is 0 Å². The number of aryl methyl sites for hydroxylation is 1. The smallest absolute Gasteiger partial charge is 0.224 e. The second-order valence-corrected chi connectivity index (χ2v) is 5.93. The Labute approximate surface area is 116 Å². The summed E-state index contributed by atoms with van der Waals surface area (Å²) in [6, 6.07) is 2.64. The zero-order valence-electron chi connectivity index (χ0n) is 12.8. The number of nitrogens with zero attached hydrogens (tertiary/aromatic N) is 3. The number of rotatable bonds is 3. The van der Waals surface area contributed by atoms with Gasteiger partial charge in [0, 0.05) is 30.9 Å². The lowest BCUT2D eigenvalue weighted by Crippen LogP contribution is -2.46. The Bertz CT molecular complexity index is 432. The Morgan fingerprint density at radius 3 is 2.74 bits per heavy atom. The summed E-state index contributed by atoms with van der Waals surface area (Å²) < 4.78 is 0. The van der Waals surface area contributed by atoms with Gasteiger partial charge in [0.25, 0.3) is 0 Å². The van der Waals surface area contributed by atoms with Gasteiger partial charge in [0.2, 0.25) is 5.95 Å². The maximum atomic E-state index is 4.67. The van der Waals surface area contributed by atoms with Crippen LogP contribution in [-0.2, 0) is 0 Å². The molecule has 0 aliphatic carbocycles. The van der Waals surface area contributed by atoms with Gasteiger partial charge in [-0.3, -0.25) is 0 Å². The van der Waals surface area contributed by atoms with Crippen LogP contribution in [0.25, 0.3) is 0 Å². The molecule has 2 rings (SSSR count). The summed E-state index contributed by atoms with van der Waals surface area (Å²) in [6.45, 7) is 13.0. The number of hydrogen-bond donors (Lipinski definition) is 1. The molecule has 1 aliphatic rings. The second-order valence-electron chi connectivity index (χ2n) is 5.93. The van der Waals surface area contributed by atoms with Crippen molar-refractivity contribution in [3.05, 3.63) is 11.8 Å². The quantitative estimate of drug-likeness (QED) is 0.909. The van der Waals surface area contributed by atoms with Gasteiger partial charge in [-0.1, -0.05) is 13.8 Å². The molecule has 2 heterocycles. The Balaban J connectivity index is 2.28. The number of anilines is 2. The van der Waals surface area contributed by atoms with E-state index in [-0.39, 0.29) is 0 Å². The maximum absolute atomic E-state index is 4.67. The van der Waals surface area contributed by atoms with Crippen LogP contribution >= 0.6 is 0 Å². The van der Waals surface area contributed by atoms with E-state index in [4.69, 9.17) is 0 Å². The van der Waals surface area contributed by atoms with Crippen LogP contribution < -0.4 is 10.2 Å². The van der Waals surface area contributed by atoms with Gasteiger partial charge in [-0.05, 0) is 39.0 Å². The van der Waals surface area contributed by atoms with Gasteiger partial charge < -0.3 is 10.2 Å². The van der Waals surface area contributed by atoms with Crippen LogP contribution in [0.2, 0.25) is 0 Å². The Morgan fingerprint density at radius 1 is 1.32 bits per heavy atom.